The van der Waals surface area contributed by atoms with Crippen molar-refractivity contribution in [1.29, 1.82) is 0 Å². The molecule has 8 aromatic rings. The Morgan fingerprint density at radius 2 is 0.884 bits per heavy atom. The van der Waals surface area contributed by atoms with E-state index in [4.69, 9.17) is 28.8 Å². The average molecular weight is 577 g/mol. The molecule has 0 saturated heterocycles. The molecule has 0 bridgehead atoms. The molecule has 0 aliphatic carbocycles. The predicted molar refractivity (Wildman–Crippen MR) is 174 cm³/mol. The van der Waals surface area contributed by atoms with Crippen molar-refractivity contribution in [3.8, 4) is 51.1 Å². The van der Waals surface area contributed by atoms with Gasteiger partial charge >= 0.3 is 0 Å². The van der Waals surface area contributed by atoms with Crippen molar-refractivity contribution >= 4 is 21.9 Å². The summed E-state index contributed by atoms with van der Waals surface area (Å²) in [6.07, 6.45) is 0. The minimum absolute atomic E-state index is 0.477. The van der Waals surface area contributed by atoms with Crippen LogP contribution in [0.4, 0.5) is 0 Å². The second-order valence-corrected chi connectivity index (χ2v) is 8.50. The van der Waals surface area contributed by atoms with E-state index in [1.807, 2.05) is 0 Å². The average Bonchev–Trinajstić information content (AvgIpc) is 3.64. The largest absolute Gasteiger partial charge is 0.294 e. The first-order valence-electron chi connectivity index (χ1n) is 24.7. The SMILES string of the molecule is [2H]c1c([2H])c([2H])c(-c2nc(-c3c([2H])c([2H])c([2H])c([2H])c3[2H])nc(-c3c([2H])c([2H])c(-n4c5nc(-c6c([2H])c([2H])c([2H])c([2H])c6[2H])c([2H])c([2H])c5c5c([2H])c([2H])c([2H])c([2H])c54)c([2H])c3[2H])n2)c([2H])c1[2H]. The molecule has 0 aliphatic rings. The Balaban J connectivity index is 1.53. The molecule has 8 rings (SSSR count). The Hall–Kier alpha value is -5.94. The monoisotopic (exact) mass is 576 g/mol. The van der Waals surface area contributed by atoms with Crippen LogP contribution in [0.2, 0.25) is 0 Å². The van der Waals surface area contributed by atoms with Crippen LogP contribution in [0.25, 0.3) is 73.0 Å². The summed E-state index contributed by atoms with van der Waals surface area (Å²) < 4.78 is 216. The van der Waals surface area contributed by atoms with Gasteiger partial charge in [0.1, 0.15) is 5.65 Å². The number of aromatic nitrogens is 5. The van der Waals surface area contributed by atoms with Gasteiger partial charge in [0, 0.05) is 38.7 Å². The van der Waals surface area contributed by atoms with Crippen molar-refractivity contribution in [3.05, 3.63) is 151 Å². The molecule has 5 aromatic carbocycles. The van der Waals surface area contributed by atoms with Crippen LogP contribution < -0.4 is 0 Å². The Morgan fingerprint density at radius 3 is 1.47 bits per heavy atom. The minimum atomic E-state index is -1.03. The third-order valence-electron chi connectivity index (χ3n) is 5.98. The summed E-state index contributed by atoms with van der Waals surface area (Å²) in [5.41, 5.74) is -5.59. The highest BCUT2D eigenvalue weighted by Gasteiger charge is 2.16. The molecule has 202 valence electrons. The van der Waals surface area contributed by atoms with Crippen molar-refractivity contribution in [2.24, 2.45) is 0 Å². The summed E-state index contributed by atoms with van der Waals surface area (Å²) in [6.45, 7) is 0. The lowest BCUT2D eigenvalue weighted by molar-refractivity contribution is 1.07. The van der Waals surface area contributed by atoms with E-state index in [1.54, 1.807) is 0 Å². The number of fused-ring (bicyclic) bond motifs is 3. The summed E-state index contributed by atoms with van der Waals surface area (Å²) in [4.78, 5) is 17.0. The fraction of sp³-hybridized carbons (Fsp3) is 0. The summed E-state index contributed by atoms with van der Waals surface area (Å²) in [6, 6.07) is -21.9. The van der Waals surface area contributed by atoms with Crippen LogP contribution in [-0.2, 0) is 0 Å². The van der Waals surface area contributed by atoms with Gasteiger partial charge in [-0.15, -0.1) is 0 Å². The number of pyridine rings is 1. The zero-order chi connectivity index (χ0) is 50.3. The van der Waals surface area contributed by atoms with Gasteiger partial charge in [-0.05, 0) is 42.3 Å². The maximum absolute atomic E-state index is 9.39. The van der Waals surface area contributed by atoms with E-state index in [0.717, 1.165) is 4.57 Å². The number of hydrogen-bond donors (Lipinski definition) is 0. The quantitative estimate of drug-likeness (QED) is 0.205. The summed E-state index contributed by atoms with van der Waals surface area (Å²) in [7, 11) is 0. The summed E-state index contributed by atoms with van der Waals surface area (Å²) >= 11 is 0. The second-order valence-electron chi connectivity index (χ2n) is 8.50. The Morgan fingerprint density at radius 1 is 0.395 bits per heavy atom. The molecule has 0 N–H and O–H groups in total. The number of hydrogen-bond acceptors (Lipinski definition) is 4. The molecular formula is C38H25N5. The highest BCUT2D eigenvalue weighted by molar-refractivity contribution is 6.08. The van der Waals surface area contributed by atoms with Gasteiger partial charge in [-0.25, -0.2) is 19.9 Å². The molecule has 0 aliphatic heterocycles. The maximum Gasteiger partial charge on any atom is 0.164 e. The van der Waals surface area contributed by atoms with Crippen molar-refractivity contribution < 1.29 is 34.3 Å². The second kappa shape index (κ2) is 10.5. The van der Waals surface area contributed by atoms with Crippen LogP contribution in [0.1, 0.15) is 34.3 Å². The lowest BCUT2D eigenvalue weighted by Crippen LogP contribution is -2.00. The van der Waals surface area contributed by atoms with E-state index >= 15 is 0 Å². The van der Waals surface area contributed by atoms with Crippen molar-refractivity contribution in [2.45, 2.75) is 0 Å². The molecule has 3 heterocycles. The highest BCUT2D eigenvalue weighted by atomic mass is 15.1. The van der Waals surface area contributed by atoms with Gasteiger partial charge in [0.25, 0.3) is 0 Å². The van der Waals surface area contributed by atoms with Gasteiger partial charge in [0.15, 0.2) is 17.5 Å². The third-order valence-corrected chi connectivity index (χ3v) is 5.98. The zero-order valence-electron chi connectivity index (χ0n) is 46.2. The standard InChI is InChI=1S/C38H25N5/c1-4-12-26(13-5-1)33-25-24-32-31-18-10-11-19-34(31)43(38(32)39-33)30-22-20-29(21-23-30)37-41-35(27-14-6-2-7-15-27)40-36(42-37)28-16-8-3-9-17-28/h1-25H/i1D,2D,3D,4D,5D,6D,7D,8D,9D,10D,11D,12D,13D,14D,15D,16D,17D,18D,19D,20D,21D,22D,23D,24D,25D. The van der Waals surface area contributed by atoms with E-state index in [2.05, 4.69) is 19.9 Å². The first-order chi connectivity index (χ1) is 31.7. The van der Waals surface area contributed by atoms with Crippen LogP contribution in [0, 0.1) is 0 Å². The molecule has 0 spiro atoms. The summed E-state index contributed by atoms with van der Waals surface area (Å²) in [5.74, 6) is -2.41. The van der Waals surface area contributed by atoms with Crippen LogP contribution in [-0.4, -0.2) is 24.5 Å². The van der Waals surface area contributed by atoms with Gasteiger partial charge in [-0.2, -0.15) is 0 Å². The van der Waals surface area contributed by atoms with Crippen LogP contribution in [0.15, 0.2) is 151 Å². The van der Waals surface area contributed by atoms with E-state index in [0.29, 0.717) is 0 Å². The molecule has 0 unspecified atom stereocenters. The minimum Gasteiger partial charge on any atom is -0.294 e. The fourth-order valence-corrected chi connectivity index (χ4v) is 4.13. The van der Waals surface area contributed by atoms with E-state index in [1.165, 1.54) is 0 Å². The number of nitrogens with zero attached hydrogens (tertiary/aromatic N) is 5. The van der Waals surface area contributed by atoms with Gasteiger partial charge in [-0.1, -0.05) is 109 Å². The molecule has 5 heteroatoms. The highest BCUT2D eigenvalue weighted by Crippen LogP contribution is 2.33. The lowest BCUT2D eigenvalue weighted by Gasteiger charge is -2.11. The van der Waals surface area contributed by atoms with Crippen molar-refractivity contribution in [2.75, 3.05) is 0 Å². The lowest BCUT2D eigenvalue weighted by atomic mass is 10.1. The van der Waals surface area contributed by atoms with Crippen molar-refractivity contribution in [3.63, 3.8) is 0 Å². The van der Waals surface area contributed by atoms with E-state index < -0.39 is 224 Å². The summed E-state index contributed by atoms with van der Waals surface area (Å²) in [5, 5.41) is -0.965. The Labute approximate surface area is 284 Å². The molecular weight excluding hydrogens is 526 g/mol. The maximum atomic E-state index is 9.39. The van der Waals surface area contributed by atoms with Gasteiger partial charge in [0.2, 0.25) is 0 Å². The molecule has 0 amide bonds. The molecule has 0 radical (unpaired) electrons. The third kappa shape index (κ3) is 4.53. The molecule has 0 fully saturated rings. The number of benzene rings is 5. The normalized spacial score (nSPS) is 19.4. The molecule has 0 saturated carbocycles. The first-order valence-corrected chi connectivity index (χ1v) is 12.2. The zero-order valence-corrected chi connectivity index (χ0v) is 21.2. The fourth-order valence-electron chi connectivity index (χ4n) is 4.13. The van der Waals surface area contributed by atoms with Crippen molar-refractivity contribution in [1.82, 2.24) is 24.5 Å². The van der Waals surface area contributed by atoms with E-state index in [-0.39, 0.29) is 0 Å². The van der Waals surface area contributed by atoms with E-state index in [9.17, 15) is 5.48 Å². The molecule has 3 aromatic heterocycles. The smallest absolute Gasteiger partial charge is 0.164 e. The first kappa shape index (κ1) is 10.1. The predicted octanol–water partition coefficient (Wildman–Crippen LogP) is 9.03. The molecule has 0 atom stereocenters. The van der Waals surface area contributed by atoms with Crippen LogP contribution >= 0.6 is 0 Å². The molecule has 5 nitrogen and oxygen atoms in total. The molecule has 43 heavy (non-hydrogen) atoms. The topological polar surface area (TPSA) is 56.5 Å². The van der Waals surface area contributed by atoms with Crippen LogP contribution in [0.3, 0.4) is 0 Å². The number of rotatable bonds is 5. The van der Waals surface area contributed by atoms with Gasteiger partial charge < -0.3 is 0 Å². The Bertz CT molecular complexity index is 3440. The van der Waals surface area contributed by atoms with Gasteiger partial charge in [0.05, 0.1) is 45.5 Å². The number of para-hydroxylation sites is 1. The Kier molecular flexibility index (Phi) is 2.46. The van der Waals surface area contributed by atoms with Crippen LogP contribution in [0.5, 0.6) is 0 Å². The van der Waals surface area contributed by atoms with Gasteiger partial charge in [-0.3, -0.25) is 4.57 Å².